The lowest BCUT2D eigenvalue weighted by Crippen LogP contribution is -2.51. The van der Waals surface area contributed by atoms with Gasteiger partial charge in [-0.1, -0.05) is 48.5 Å². The third-order valence-corrected chi connectivity index (χ3v) is 7.51. The molecule has 0 spiro atoms. The first kappa shape index (κ1) is 40.3. The summed E-state index contributed by atoms with van der Waals surface area (Å²) in [5.41, 5.74) is 9.38. The van der Waals surface area contributed by atoms with Crippen LogP contribution in [0.3, 0.4) is 0 Å². The van der Waals surface area contributed by atoms with Crippen molar-refractivity contribution in [2.75, 3.05) is 25.6 Å². The molecule has 0 radical (unpaired) electrons. The van der Waals surface area contributed by atoms with E-state index in [1.807, 2.05) is 77.9 Å². The van der Waals surface area contributed by atoms with Crippen LogP contribution < -0.4 is 10.5 Å². The summed E-state index contributed by atoms with van der Waals surface area (Å²) in [5.74, 6) is 0. The fourth-order valence-corrected chi connectivity index (χ4v) is 5.38. The number of carbonyl (C=O) groups is 2. The van der Waals surface area contributed by atoms with Crippen molar-refractivity contribution < 1.29 is 35.9 Å². The van der Waals surface area contributed by atoms with Crippen LogP contribution in [0.15, 0.2) is 48.5 Å². The van der Waals surface area contributed by atoms with Gasteiger partial charge in [-0.15, -0.1) is 0 Å². The number of benzene rings is 2. The van der Waals surface area contributed by atoms with Crippen molar-refractivity contribution in [1.82, 2.24) is 14.5 Å². The molecule has 3 N–H and O–H groups in total. The highest BCUT2D eigenvalue weighted by atomic mass is 35.7. The van der Waals surface area contributed by atoms with Crippen molar-refractivity contribution in [3.63, 3.8) is 0 Å². The van der Waals surface area contributed by atoms with Gasteiger partial charge in [-0.05, 0) is 76.6 Å². The second-order valence-electron chi connectivity index (χ2n) is 13.5. The van der Waals surface area contributed by atoms with Gasteiger partial charge in [0.1, 0.15) is 11.2 Å². The third-order valence-electron chi connectivity index (χ3n) is 6.82. The van der Waals surface area contributed by atoms with Crippen molar-refractivity contribution in [3.05, 3.63) is 70.8 Å². The summed E-state index contributed by atoms with van der Waals surface area (Å²) < 4.78 is 55.0. The molecule has 2 aromatic carbocycles. The van der Waals surface area contributed by atoms with Gasteiger partial charge in [0.25, 0.3) is 0 Å². The van der Waals surface area contributed by atoms with E-state index in [-0.39, 0.29) is 24.7 Å². The summed E-state index contributed by atoms with van der Waals surface area (Å²) in [6.45, 7) is 12.7. The smallest absolute Gasteiger partial charge is 0.410 e. The number of carbonyl (C=O) groups excluding carboxylic acids is 2. The summed E-state index contributed by atoms with van der Waals surface area (Å²) in [7, 11) is -2.01. The summed E-state index contributed by atoms with van der Waals surface area (Å²) in [5, 5.41) is 0. The molecule has 0 fully saturated rings. The van der Waals surface area contributed by atoms with Crippen molar-refractivity contribution in [1.29, 1.82) is 0 Å². The van der Waals surface area contributed by atoms with Crippen molar-refractivity contribution in [3.8, 4) is 0 Å². The maximum absolute atomic E-state index is 12.5. The molecule has 0 saturated carbocycles. The zero-order valence-electron chi connectivity index (χ0n) is 28.4. The molecule has 47 heavy (non-hydrogen) atoms. The minimum absolute atomic E-state index is 0.0183. The van der Waals surface area contributed by atoms with Crippen molar-refractivity contribution in [2.45, 2.75) is 90.8 Å². The summed E-state index contributed by atoms with van der Waals surface area (Å²) in [4.78, 5) is 28.1. The van der Waals surface area contributed by atoms with Crippen LogP contribution in [0.25, 0.3) is 0 Å². The van der Waals surface area contributed by atoms with E-state index in [1.54, 1.807) is 9.80 Å². The minimum atomic E-state index is -3.31. The fourth-order valence-electron chi connectivity index (χ4n) is 4.88. The van der Waals surface area contributed by atoms with Gasteiger partial charge in [-0.2, -0.15) is 0 Å². The van der Waals surface area contributed by atoms with Crippen LogP contribution >= 0.6 is 10.7 Å². The molecule has 2 atom stereocenters. The summed E-state index contributed by atoms with van der Waals surface area (Å²) >= 11 is 0. The Morgan fingerprint density at radius 3 is 1.45 bits per heavy atom. The average Bonchev–Trinajstić information content (AvgIpc) is 2.92. The van der Waals surface area contributed by atoms with Crippen LogP contribution in [-0.2, 0) is 54.5 Å². The van der Waals surface area contributed by atoms with Gasteiger partial charge in [0, 0.05) is 36.9 Å². The highest BCUT2D eigenvalue weighted by molar-refractivity contribution is 8.13. The third kappa shape index (κ3) is 15.2. The maximum atomic E-state index is 12.5. The molecule has 0 aromatic heterocycles. The van der Waals surface area contributed by atoms with Crippen LogP contribution in [0.5, 0.6) is 0 Å². The fraction of sp³-hybridized carbons (Fsp3) is 0.562. The standard InChI is InChI=1S/C16H24N2O4S.C15H22N2O2.CH3ClO2S/c1-16(2,3)22-15(19)18-11-13-8-6-5-7-12(13)9-14(18)10-17-23(4,20)21;1-15(2,3)19-14(18)17-10-12-7-5-4-6-11(12)8-13(17)9-16;1-5(2,3)4/h5-8,14,17H,9-11H2,1-4H3;4-7,13H,8-10,16H2,1-3H3;1H3/t14-;13-;/m00./s1. The number of hydrogen-bond acceptors (Lipinski definition) is 9. The Bertz CT molecular complexity index is 1580. The molecule has 2 heterocycles. The van der Waals surface area contributed by atoms with E-state index in [0.717, 1.165) is 30.1 Å². The second kappa shape index (κ2) is 16.5. The number of rotatable bonds is 4. The molecule has 4 rings (SSSR count). The summed E-state index contributed by atoms with van der Waals surface area (Å²) in [6.07, 6.45) is 2.73. The van der Waals surface area contributed by atoms with Gasteiger partial charge in [0.2, 0.25) is 19.1 Å². The molecule has 0 saturated heterocycles. The van der Waals surface area contributed by atoms with Crippen molar-refractivity contribution in [2.24, 2.45) is 5.73 Å². The van der Waals surface area contributed by atoms with E-state index in [9.17, 15) is 26.4 Å². The Balaban J connectivity index is 0.000000290. The Morgan fingerprint density at radius 1 is 0.766 bits per heavy atom. The number of amides is 2. The van der Waals surface area contributed by atoms with Gasteiger partial charge in [0.05, 0.1) is 24.6 Å². The molecule has 0 aliphatic carbocycles. The van der Waals surface area contributed by atoms with E-state index in [0.29, 0.717) is 26.1 Å². The first-order valence-corrected chi connectivity index (χ1v) is 19.7. The Kier molecular flexibility index (Phi) is 14.1. The Labute approximate surface area is 284 Å². The monoisotopic (exact) mass is 716 g/mol. The molecule has 2 aromatic rings. The van der Waals surface area contributed by atoms with E-state index in [4.69, 9.17) is 15.2 Å². The van der Waals surface area contributed by atoms with Crippen LogP contribution in [0, 0.1) is 0 Å². The number of halogens is 1. The molecule has 0 unspecified atom stereocenters. The lowest BCUT2D eigenvalue weighted by molar-refractivity contribution is 0.0116. The highest BCUT2D eigenvalue weighted by Gasteiger charge is 2.34. The van der Waals surface area contributed by atoms with E-state index in [2.05, 4.69) is 27.5 Å². The Morgan fingerprint density at radius 2 is 1.11 bits per heavy atom. The number of ether oxygens (including phenoxy) is 2. The van der Waals surface area contributed by atoms with Crippen molar-refractivity contribution >= 4 is 41.9 Å². The Hall–Kier alpha value is -2.91. The first-order chi connectivity index (χ1) is 21.5. The molecule has 264 valence electrons. The number of nitrogens with two attached hydrogens (primary N) is 1. The largest absolute Gasteiger partial charge is 0.444 e. The zero-order chi connectivity index (χ0) is 35.8. The van der Waals surface area contributed by atoms with E-state index >= 15 is 0 Å². The number of hydrogen-bond donors (Lipinski definition) is 2. The quantitative estimate of drug-likeness (QED) is 0.437. The number of nitrogens with one attached hydrogen (secondary N) is 1. The highest BCUT2D eigenvalue weighted by Crippen LogP contribution is 2.26. The topological polar surface area (TPSA) is 165 Å². The lowest BCUT2D eigenvalue weighted by Gasteiger charge is -2.37. The van der Waals surface area contributed by atoms with Crippen LogP contribution in [-0.4, -0.2) is 87.7 Å². The van der Waals surface area contributed by atoms with Crippen LogP contribution in [0.2, 0.25) is 0 Å². The number of fused-ring (bicyclic) bond motifs is 2. The average molecular weight is 717 g/mol. The molecular formula is C32H49ClN4O8S2. The molecule has 12 nitrogen and oxygen atoms in total. The maximum Gasteiger partial charge on any atom is 0.410 e. The molecule has 2 aliphatic rings. The van der Waals surface area contributed by atoms with Crippen LogP contribution in [0.1, 0.15) is 63.8 Å². The predicted octanol–water partition coefficient (Wildman–Crippen LogP) is 4.39. The molecule has 2 amide bonds. The SMILES string of the molecule is CC(C)(C)OC(=O)N1Cc2ccccc2C[C@H]1CN.CC(C)(C)OC(=O)N1Cc2ccccc2C[C@H]1CNS(C)(=O)=O.CS(=O)(=O)Cl. The van der Waals surface area contributed by atoms with Gasteiger partial charge in [-0.3, -0.25) is 9.80 Å². The van der Waals surface area contributed by atoms with Gasteiger partial charge >= 0.3 is 12.2 Å². The lowest BCUT2D eigenvalue weighted by atomic mass is 9.94. The molecule has 0 bridgehead atoms. The zero-order valence-corrected chi connectivity index (χ0v) is 30.8. The molecular weight excluding hydrogens is 668 g/mol. The normalized spacial score (nSPS) is 17.9. The van der Waals surface area contributed by atoms with E-state index in [1.165, 1.54) is 11.1 Å². The number of nitrogens with zero attached hydrogens (tertiary/aromatic N) is 2. The molecule has 2 aliphatic heterocycles. The van der Waals surface area contributed by atoms with Gasteiger partial charge < -0.3 is 15.2 Å². The molecule has 15 heteroatoms. The van der Waals surface area contributed by atoms with Gasteiger partial charge in [0.15, 0.2) is 0 Å². The van der Waals surface area contributed by atoms with E-state index < -0.39 is 36.4 Å². The second-order valence-corrected chi connectivity index (χ2v) is 18.4. The first-order valence-electron chi connectivity index (χ1n) is 15.1. The van der Waals surface area contributed by atoms with Gasteiger partial charge in [-0.25, -0.2) is 31.1 Å². The number of sulfonamides is 1. The predicted molar refractivity (Wildman–Crippen MR) is 184 cm³/mol. The minimum Gasteiger partial charge on any atom is -0.444 e. The van der Waals surface area contributed by atoms with Crippen LogP contribution in [0.4, 0.5) is 9.59 Å². The summed E-state index contributed by atoms with van der Waals surface area (Å²) in [6, 6.07) is 15.8.